The van der Waals surface area contributed by atoms with Gasteiger partial charge in [0.15, 0.2) is 0 Å². The van der Waals surface area contributed by atoms with Gasteiger partial charge in [-0.05, 0) is 44.4 Å². The summed E-state index contributed by atoms with van der Waals surface area (Å²) in [6.07, 6.45) is 6.98. The maximum absolute atomic E-state index is 11.1. The van der Waals surface area contributed by atoms with Gasteiger partial charge < -0.3 is 16.0 Å². The molecule has 2 amide bonds. The van der Waals surface area contributed by atoms with Crippen molar-refractivity contribution in [3.8, 4) is 0 Å². The lowest BCUT2D eigenvalue weighted by Gasteiger charge is -2.34. The molecule has 0 aromatic carbocycles. The molecular weight excluding hydrogens is 238 g/mol. The minimum atomic E-state index is -0.280. The molecule has 0 radical (unpaired) electrons. The number of rotatable bonds is 3. The predicted octanol–water partition coefficient (Wildman–Crippen LogP) is 2.11. The Morgan fingerprint density at radius 3 is 2.68 bits per heavy atom. The van der Waals surface area contributed by atoms with E-state index in [2.05, 4.69) is 25.2 Å². The van der Waals surface area contributed by atoms with Crippen molar-refractivity contribution in [1.82, 2.24) is 10.2 Å². The molecule has 3 N–H and O–H groups in total. The van der Waals surface area contributed by atoms with Gasteiger partial charge in [-0.3, -0.25) is 0 Å². The van der Waals surface area contributed by atoms with Gasteiger partial charge in [-0.15, -0.1) is 0 Å². The molecular formula is C15H27N3O. The van der Waals surface area contributed by atoms with Crippen LogP contribution in [0.2, 0.25) is 0 Å². The zero-order valence-electron chi connectivity index (χ0n) is 12.2. The number of allylic oxidation sites excluding steroid dienone is 1. The van der Waals surface area contributed by atoms with E-state index < -0.39 is 0 Å². The van der Waals surface area contributed by atoms with Crippen LogP contribution in [0.25, 0.3) is 0 Å². The SMILES string of the molecule is CC1=CCC[C@H](C)[C@@H]1CNC1CCN(C(N)=O)CC1. The number of nitrogens with zero attached hydrogens (tertiary/aromatic N) is 1. The number of primary amides is 1. The van der Waals surface area contributed by atoms with Crippen LogP contribution in [-0.2, 0) is 0 Å². The number of nitrogens with two attached hydrogens (primary N) is 1. The Bertz CT molecular complexity index is 345. The number of carbonyl (C=O) groups excluding carboxylic acids is 1. The minimum Gasteiger partial charge on any atom is -0.351 e. The van der Waals surface area contributed by atoms with Gasteiger partial charge in [0.1, 0.15) is 0 Å². The van der Waals surface area contributed by atoms with Gasteiger partial charge in [0.2, 0.25) is 0 Å². The van der Waals surface area contributed by atoms with Gasteiger partial charge in [-0.2, -0.15) is 0 Å². The topological polar surface area (TPSA) is 58.4 Å². The number of piperidine rings is 1. The molecule has 2 rings (SSSR count). The number of amides is 2. The third-order valence-corrected chi connectivity index (χ3v) is 4.79. The van der Waals surface area contributed by atoms with Crippen LogP contribution in [0.3, 0.4) is 0 Å². The Kier molecular flexibility index (Phi) is 4.86. The Hall–Kier alpha value is -1.03. The van der Waals surface area contributed by atoms with Crippen LogP contribution >= 0.6 is 0 Å². The Morgan fingerprint density at radius 1 is 1.42 bits per heavy atom. The molecule has 1 aliphatic carbocycles. The van der Waals surface area contributed by atoms with Gasteiger partial charge >= 0.3 is 6.03 Å². The van der Waals surface area contributed by atoms with Crippen molar-refractivity contribution < 1.29 is 4.79 Å². The normalized spacial score (nSPS) is 29.2. The third-order valence-electron chi connectivity index (χ3n) is 4.79. The fourth-order valence-electron chi connectivity index (χ4n) is 3.34. The summed E-state index contributed by atoms with van der Waals surface area (Å²) in [5.74, 6) is 1.46. The van der Waals surface area contributed by atoms with Crippen molar-refractivity contribution in [3.05, 3.63) is 11.6 Å². The van der Waals surface area contributed by atoms with Crippen LogP contribution < -0.4 is 11.1 Å². The van der Waals surface area contributed by atoms with Crippen LogP contribution in [0.1, 0.15) is 39.5 Å². The second-order valence-electron chi connectivity index (χ2n) is 6.12. The molecule has 2 atom stereocenters. The van der Waals surface area contributed by atoms with E-state index in [4.69, 9.17) is 5.73 Å². The third kappa shape index (κ3) is 3.72. The first-order valence-electron chi connectivity index (χ1n) is 7.52. The molecule has 0 unspecified atom stereocenters. The second-order valence-corrected chi connectivity index (χ2v) is 6.12. The highest BCUT2D eigenvalue weighted by Crippen LogP contribution is 2.29. The maximum Gasteiger partial charge on any atom is 0.314 e. The lowest BCUT2D eigenvalue weighted by Crippen LogP contribution is -2.48. The van der Waals surface area contributed by atoms with Crippen LogP contribution in [0.5, 0.6) is 0 Å². The average Bonchev–Trinajstić information content (AvgIpc) is 2.38. The number of nitrogens with one attached hydrogen (secondary N) is 1. The van der Waals surface area contributed by atoms with E-state index in [1.807, 2.05) is 0 Å². The average molecular weight is 265 g/mol. The summed E-state index contributed by atoms with van der Waals surface area (Å²) < 4.78 is 0. The van der Waals surface area contributed by atoms with E-state index in [1.54, 1.807) is 10.5 Å². The first kappa shape index (κ1) is 14.4. The monoisotopic (exact) mass is 265 g/mol. The van der Waals surface area contributed by atoms with Crippen molar-refractivity contribution in [2.75, 3.05) is 19.6 Å². The number of hydrogen-bond acceptors (Lipinski definition) is 2. The second kappa shape index (κ2) is 6.42. The molecule has 0 saturated carbocycles. The fraction of sp³-hybridized carbons (Fsp3) is 0.800. The number of urea groups is 1. The molecule has 0 aromatic heterocycles. The van der Waals surface area contributed by atoms with E-state index in [1.165, 1.54) is 12.8 Å². The predicted molar refractivity (Wildman–Crippen MR) is 77.8 cm³/mol. The molecule has 108 valence electrons. The lowest BCUT2D eigenvalue weighted by atomic mass is 9.80. The van der Waals surface area contributed by atoms with Crippen LogP contribution in [-0.4, -0.2) is 36.6 Å². The first-order chi connectivity index (χ1) is 9.08. The van der Waals surface area contributed by atoms with E-state index in [9.17, 15) is 4.79 Å². The summed E-state index contributed by atoms with van der Waals surface area (Å²) in [7, 11) is 0. The molecule has 1 heterocycles. The van der Waals surface area contributed by atoms with E-state index in [-0.39, 0.29) is 6.03 Å². The molecule has 1 fully saturated rings. The molecule has 19 heavy (non-hydrogen) atoms. The number of likely N-dealkylation sites (tertiary alicyclic amines) is 1. The van der Waals surface area contributed by atoms with Crippen molar-refractivity contribution in [2.24, 2.45) is 17.6 Å². The molecule has 0 bridgehead atoms. The highest BCUT2D eigenvalue weighted by molar-refractivity contribution is 5.72. The molecule has 2 aliphatic rings. The van der Waals surface area contributed by atoms with E-state index in [0.717, 1.165) is 38.4 Å². The smallest absolute Gasteiger partial charge is 0.314 e. The molecule has 1 aliphatic heterocycles. The molecule has 0 spiro atoms. The van der Waals surface area contributed by atoms with Crippen molar-refractivity contribution in [2.45, 2.75) is 45.6 Å². The quantitative estimate of drug-likeness (QED) is 0.768. The van der Waals surface area contributed by atoms with Crippen LogP contribution in [0, 0.1) is 11.8 Å². The largest absolute Gasteiger partial charge is 0.351 e. The number of hydrogen-bond donors (Lipinski definition) is 2. The summed E-state index contributed by atoms with van der Waals surface area (Å²) >= 11 is 0. The fourth-order valence-corrected chi connectivity index (χ4v) is 3.34. The van der Waals surface area contributed by atoms with Gasteiger partial charge in [0.05, 0.1) is 0 Å². The molecule has 0 aromatic rings. The van der Waals surface area contributed by atoms with Crippen molar-refractivity contribution in [1.29, 1.82) is 0 Å². The van der Waals surface area contributed by atoms with Crippen molar-refractivity contribution in [3.63, 3.8) is 0 Å². The summed E-state index contributed by atoms with van der Waals surface area (Å²) in [5.41, 5.74) is 6.84. The van der Waals surface area contributed by atoms with Gasteiger partial charge in [-0.25, -0.2) is 4.79 Å². The zero-order chi connectivity index (χ0) is 13.8. The Labute approximate surface area is 116 Å². The van der Waals surface area contributed by atoms with Crippen LogP contribution in [0.15, 0.2) is 11.6 Å². The molecule has 4 nitrogen and oxygen atoms in total. The highest BCUT2D eigenvalue weighted by Gasteiger charge is 2.25. The summed E-state index contributed by atoms with van der Waals surface area (Å²) in [6.45, 7) is 7.28. The van der Waals surface area contributed by atoms with Gasteiger partial charge in [0, 0.05) is 25.7 Å². The van der Waals surface area contributed by atoms with E-state index in [0.29, 0.717) is 12.0 Å². The standard InChI is InChI=1S/C15H27N3O/c1-11-4-3-5-12(2)14(11)10-17-13-6-8-18(9-7-13)15(16)19/h4,12-14,17H,3,5-10H2,1-2H3,(H2,16,19)/t12-,14+/m0/s1. The molecule has 1 saturated heterocycles. The highest BCUT2D eigenvalue weighted by atomic mass is 16.2. The first-order valence-corrected chi connectivity index (χ1v) is 7.52. The summed E-state index contributed by atoms with van der Waals surface area (Å²) in [6, 6.07) is 0.260. The lowest BCUT2D eigenvalue weighted by molar-refractivity contribution is 0.183. The minimum absolute atomic E-state index is 0.280. The zero-order valence-corrected chi connectivity index (χ0v) is 12.2. The van der Waals surface area contributed by atoms with Crippen LogP contribution in [0.4, 0.5) is 4.79 Å². The maximum atomic E-state index is 11.1. The van der Waals surface area contributed by atoms with E-state index >= 15 is 0 Å². The van der Waals surface area contributed by atoms with Crippen molar-refractivity contribution >= 4 is 6.03 Å². The summed E-state index contributed by atoms with van der Waals surface area (Å²) in [5, 5.41) is 3.69. The Balaban J connectivity index is 1.76. The number of carbonyl (C=O) groups is 1. The molecule has 4 heteroatoms. The van der Waals surface area contributed by atoms with Gasteiger partial charge in [-0.1, -0.05) is 18.6 Å². The van der Waals surface area contributed by atoms with Gasteiger partial charge in [0.25, 0.3) is 0 Å². The summed E-state index contributed by atoms with van der Waals surface area (Å²) in [4.78, 5) is 12.8. The Morgan fingerprint density at radius 2 is 2.11 bits per heavy atom.